The number of carbonyl (C=O) groups excluding carboxylic acids is 3. The van der Waals surface area contributed by atoms with E-state index in [9.17, 15) is 27.0 Å². The van der Waals surface area contributed by atoms with E-state index in [2.05, 4.69) is 48.7 Å². The molecule has 18 heteroatoms. The Hall–Kier alpha value is -9.88. The van der Waals surface area contributed by atoms with Crippen LogP contribution in [0.4, 0.5) is 28.6 Å². The number of amides is 3. The molecule has 0 saturated heterocycles. The molecule has 0 fully saturated rings. The number of nitrogens with one attached hydrogen (secondary N) is 3. The smallest absolute Gasteiger partial charge is 0.274 e. The standard InChI is InChI=1S/C21H17N5O.C21H16N2O3S.C20H14N2O3S.CH4/c1-22-21(27)15-7-5-13(6-8-15)18-16-4-2-3-14-9-10-26(19(14)16)20-17(25-18)11-23-12-24-20;1-22-21(24)15-12-10-14(11-13-15)20-16-6-2-4-8-18(16)27(25,26)19-9-5-3-7-17(19)23-20;23-20(22-24)14-11-9-13(10-12-14)19-15-5-1-3-7-17(15)26(25)18-8-4-2-6-16(18)21-19;/h2-8,11-12H,9-10H2,1H3,(H,22,27);2-13H,1H3,(H,22,24);1-12,24H,(H,22,23);1H4. The van der Waals surface area contributed by atoms with Crippen molar-refractivity contribution in [1.29, 1.82) is 0 Å². The number of sulfone groups is 1. The van der Waals surface area contributed by atoms with Crippen molar-refractivity contribution in [3.05, 3.63) is 256 Å². The molecule has 13 rings (SSSR count). The molecule has 1 atom stereocenters. The second-order valence-corrected chi connectivity index (χ2v) is 21.7. The van der Waals surface area contributed by atoms with Gasteiger partial charge in [-0.05, 0) is 84.8 Å². The summed E-state index contributed by atoms with van der Waals surface area (Å²) < 4.78 is 39.3. The van der Waals surface area contributed by atoms with Crippen LogP contribution in [0.5, 0.6) is 0 Å². The maximum absolute atomic E-state index is 13.1. The number of anilines is 2. The average molecular weight is 1110 g/mol. The number of hydroxylamine groups is 1. The quantitative estimate of drug-likeness (QED) is 0.0910. The van der Waals surface area contributed by atoms with Gasteiger partial charge in [0.25, 0.3) is 17.7 Å². The third-order valence-electron chi connectivity index (χ3n) is 13.7. The lowest BCUT2D eigenvalue weighted by Gasteiger charge is -2.19. The third kappa shape index (κ3) is 10.5. The Morgan fingerprint density at radius 2 is 1.01 bits per heavy atom. The van der Waals surface area contributed by atoms with Crippen LogP contribution < -0.4 is 21.0 Å². The van der Waals surface area contributed by atoms with Crippen molar-refractivity contribution < 1.29 is 32.2 Å². The van der Waals surface area contributed by atoms with Gasteiger partial charge in [-0.15, -0.1) is 0 Å². The number of fused-ring (bicyclic) bond motifs is 6. The van der Waals surface area contributed by atoms with Gasteiger partial charge in [-0.2, -0.15) is 0 Å². The van der Waals surface area contributed by atoms with Crippen molar-refractivity contribution in [3.8, 4) is 0 Å². The summed E-state index contributed by atoms with van der Waals surface area (Å²) in [7, 11) is -1.81. The molecule has 0 bridgehead atoms. The van der Waals surface area contributed by atoms with Crippen molar-refractivity contribution in [2.24, 2.45) is 15.0 Å². The summed E-state index contributed by atoms with van der Waals surface area (Å²) in [4.78, 5) is 62.2. The molecule has 8 aromatic carbocycles. The molecule has 1 unspecified atom stereocenters. The number of aliphatic imine (C=N–C) groups is 3. The topological polar surface area (TPSA) is 225 Å². The maximum Gasteiger partial charge on any atom is 0.274 e. The van der Waals surface area contributed by atoms with Gasteiger partial charge in [-0.25, -0.2) is 43.1 Å². The summed E-state index contributed by atoms with van der Waals surface area (Å²) in [6.45, 7) is 0.884. The number of benzene rings is 8. The molecule has 0 spiro atoms. The Morgan fingerprint density at radius 3 is 1.63 bits per heavy atom. The normalized spacial score (nSPS) is 14.4. The fourth-order valence-electron chi connectivity index (χ4n) is 9.80. The van der Waals surface area contributed by atoms with Crippen LogP contribution in [0.15, 0.2) is 235 Å². The SMILES string of the molecule is C.CNC(=O)c1ccc(C2=Nc3ccccc3S(=O)(=O)c3ccccc32)cc1.CNC(=O)c1ccc(C2=Nc3cncnc3N3CCc4cccc2c43)cc1.O=C(NO)c1ccc(C2=Nc3ccccc3S(=O)c3ccccc32)cc1. The molecule has 0 aliphatic carbocycles. The summed E-state index contributed by atoms with van der Waals surface area (Å²) >= 11 is 0. The molecule has 0 saturated carbocycles. The first-order valence-electron chi connectivity index (χ1n) is 25.2. The predicted molar refractivity (Wildman–Crippen MR) is 313 cm³/mol. The first-order chi connectivity index (χ1) is 39.0. The molecule has 402 valence electrons. The third-order valence-corrected chi connectivity index (χ3v) is 17.0. The van der Waals surface area contributed by atoms with Gasteiger partial charge < -0.3 is 15.5 Å². The van der Waals surface area contributed by atoms with Crippen molar-refractivity contribution >= 4 is 84.1 Å². The van der Waals surface area contributed by atoms with Crippen LogP contribution in [0.3, 0.4) is 0 Å². The van der Waals surface area contributed by atoms with Gasteiger partial charge in [0.2, 0.25) is 9.84 Å². The van der Waals surface area contributed by atoms with Crippen LogP contribution in [0.2, 0.25) is 0 Å². The zero-order valence-corrected chi connectivity index (χ0v) is 44.5. The lowest BCUT2D eigenvalue weighted by atomic mass is 9.97. The van der Waals surface area contributed by atoms with Crippen LogP contribution >= 0.6 is 0 Å². The monoisotopic (exact) mass is 1110 g/mol. The largest absolute Gasteiger partial charge is 0.355 e. The van der Waals surface area contributed by atoms with Crippen LogP contribution in [0.1, 0.15) is 77.4 Å². The number of rotatable bonds is 6. The first-order valence-corrected chi connectivity index (χ1v) is 27.8. The van der Waals surface area contributed by atoms with Crippen molar-refractivity contribution in [2.45, 2.75) is 33.4 Å². The molecule has 3 amide bonds. The fourth-order valence-corrected chi connectivity index (χ4v) is 12.7. The fraction of sp³-hybridized carbons (Fsp3) is 0.0794. The summed E-state index contributed by atoms with van der Waals surface area (Å²) in [6.07, 6.45) is 4.30. The molecule has 4 aliphatic rings. The second-order valence-electron chi connectivity index (χ2n) is 18.4. The Morgan fingerprint density at radius 1 is 0.531 bits per heavy atom. The number of para-hydroxylation sites is 3. The predicted octanol–water partition coefficient (Wildman–Crippen LogP) is 10.5. The molecular weight excluding hydrogens is 1060 g/mol. The molecular formula is C63H51N9O7S2. The van der Waals surface area contributed by atoms with Crippen LogP contribution in [0.25, 0.3) is 0 Å². The van der Waals surface area contributed by atoms with Gasteiger partial charge in [-0.1, -0.05) is 123 Å². The highest BCUT2D eigenvalue weighted by atomic mass is 32.2. The van der Waals surface area contributed by atoms with E-state index in [4.69, 9.17) is 15.2 Å². The second kappa shape index (κ2) is 23.2. The zero-order chi connectivity index (χ0) is 55.5. The van der Waals surface area contributed by atoms with Gasteiger partial charge in [0, 0.05) is 70.7 Å². The molecule has 0 radical (unpaired) electrons. The summed E-state index contributed by atoms with van der Waals surface area (Å²) in [6, 6.07) is 56.0. The minimum absolute atomic E-state index is 0. The summed E-state index contributed by atoms with van der Waals surface area (Å²) in [5.41, 5.74) is 14.4. The van der Waals surface area contributed by atoms with E-state index in [1.165, 1.54) is 11.3 Å². The lowest BCUT2D eigenvalue weighted by Crippen LogP contribution is -2.18. The van der Waals surface area contributed by atoms with E-state index >= 15 is 0 Å². The lowest BCUT2D eigenvalue weighted by molar-refractivity contribution is 0.0706. The van der Waals surface area contributed by atoms with Crippen molar-refractivity contribution in [2.75, 3.05) is 25.5 Å². The number of hydrogen-bond acceptors (Lipinski definition) is 13. The molecule has 4 aliphatic heterocycles. The number of nitrogens with zero attached hydrogens (tertiary/aromatic N) is 6. The Balaban J connectivity index is 0.000000136. The number of carbonyl (C=O) groups is 3. The highest BCUT2D eigenvalue weighted by Gasteiger charge is 2.32. The minimum Gasteiger partial charge on any atom is -0.355 e. The van der Waals surface area contributed by atoms with Crippen molar-refractivity contribution in [3.63, 3.8) is 0 Å². The number of aromatic nitrogens is 2. The van der Waals surface area contributed by atoms with E-state index in [0.29, 0.717) is 54.8 Å². The molecule has 1 aromatic heterocycles. The van der Waals surface area contributed by atoms with E-state index in [0.717, 1.165) is 58.0 Å². The zero-order valence-electron chi connectivity index (χ0n) is 42.9. The average Bonchev–Trinajstić information content (AvgIpc) is 3.85. The van der Waals surface area contributed by atoms with Crippen LogP contribution in [-0.4, -0.2) is 83.3 Å². The highest BCUT2D eigenvalue weighted by Crippen LogP contribution is 2.44. The minimum atomic E-state index is -3.68. The molecule has 9 aromatic rings. The molecule has 5 heterocycles. The van der Waals surface area contributed by atoms with E-state index in [-0.39, 0.29) is 29.0 Å². The van der Waals surface area contributed by atoms with Gasteiger partial charge >= 0.3 is 0 Å². The Bertz CT molecular complexity index is 4180. The van der Waals surface area contributed by atoms with Crippen molar-refractivity contribution in [1.82, 2.24) is 26.1 Å². The Labute approximate surface area is 470 Å². The maximum atomic E-state index is 13.1. The first kappa shape index (κ1) is 54.5. The summed E-state index contributed by atoms with van der Waals surface area (Å²) in [5.74, 6) is -0.0213. The van der Waals surface area contributed by atoms with Gasteiger partial charge in [0.15, 0.2) is 5.82 Å². The summed E-state index contributed by atoms with van der Waals surface area (Å²) in [5, 5.41) is 14.0. The van der Waals surface area contributed by atoms with Gasteiger partial charge in [0.05, 0.1) is 70.8 Å². The number of hydrogen-bond donors (Lipinski definition) is 4. The van der Waals surface area contributed by atoms with E-state index in [1.807, 2.05) is 72.8 Å². The molecule has 16 nitrogen and oxygen atoms in total. The van der Waals surface area contributed by atoms with Gasteiger partial charge in [0.1, 0.15) is 12.0 Å². The highest BCUT2D eigenvalue weighted by molar-refractivity contribution is 7.91. The molecule has 4 N–H and O–H groups in total. The van der Waals surface area contributed by atoms with Crippen LogP contribution in [0, 0.1) is 0 Å². The Kier molecular flexibility index (Phi) is 15.6. The van der Waals surface area contributed by atoms with E-state index < -0.39 is 26.5 Å². The van der Waals surface area contributed by atoms with E-state index in [1.54, 1.807) is 129 Å². The molecule has 81 heavy (non-hydrogen) atoms. The van der Waals surface area contributed by atoms with Crippen LogP contribution in [-0.2, 0) is 27.1 Å². The van der Waals surface area contributed by atoms with Gasteiger partial charge in [-0.3, -0.25) is 19.6 Å².